The molecule has 0 amide bonds. The number of halogens is 2. The molecule has 0 saturated heterocycles. The Labute approximate surface area is 123 Å². The predicted octanol–water partition coefficient (Wildman–Crippen LogP) is 3.82. The summed E-state index contributed by atoms with van der Waals surface area (Å²) in [6.07, 6.45) is 0. The molecular weight excluding hydrogens is 272 g/mol. The standard InChI is InChI=1S/C16H19F2N3/c1-11(2)21(10-12-7-5-4-6-8-12)16-14(18)9-13(17)15(19-3)20-16/h4-9,11H,10H2,1-3H3,(H,19,20). The van der Waals surface area contributed by atoms with E-state index in [0.29, 0.717) is 6.54 Å². The Morgan fingerprint density at radius 3 is 2.38 bits per heavy atom. The average Bonchev–Trinajstić information content (AvgIpc) is 2.46. The number of hydrogen-bond acceptors (Lipinski definition) is 3. The first-order valence-corrected chi connectivity index (χ1v) is 6.87. The van der Waals surface area contributed by atoms with E-state index in [9.17, 15) is 8.78 Å². The Kier molecular flexibility index (Phi) is 4.73. The fourth-order valence-corrected chi connectivity index (χ4v) is 2.12. The number of pyridine rings is 1. The van der Waals surface area contributed by atoms with Crippen LogP contribution in [0.1, 0.15) is 19.4 Å². The molecule has 2 rings (SSSR count). The fourth-order valence-electron chi connectivity index (χ4n) is 2.12. The lowest BCUT2D eigenvalue weighted by Crippen LogP contribution is -2.32. The van der Waals surface area contributed by atoms with Crippen molar-refractivity contribution >= 4 is 11.6 Å². The summed E-state index contributed by atoms with van der Waals surface area (Å²) in [5.74, 6) is -1.15. The van der Waals surface area contributed by atoms with Crippen molar-refractivity contribution < 1.29 is 8.78 Å². The number of nitrogens with one attached hydrogen (secondary N) is 1. The highest BCUT2D eigenvalue weighted by Crippen LogP contribution is 2.25. The lowest BCUT2D eigenvalue weighted by Gasteiger charge is -2.28. The lowest BCUT2D eigenvalue weighted by atomic mass is 10.2. The summed E-state index contributed by atoms with van der Waals surface area (Å²) < 4.78 is 27.6. The van der Waals surface area contributed by atoms with Crippen LogP contribution >= 0.6 is 0 Å². The minimum Gasteiger partial charge on any atom is -0.371 e. The summed E-state index contributed by atoms with van der Waals surface area (Å²) in [5, 5.41) is 2.64. The van der Waals surface area contributed by atoms with Gasteiger partial charge in [0.25, 0.3) is 0 Å². The molecule has 112 valence electrons. The summed E-state index contributed by atoms with van der Waals surface area (Å²) in [5.41, 5.74) is 1.04. The molecule has 1 N–H and O–H groups in total. The maximum Gasteiger partial charge on any atom is 0.168 e. The Morgan fingerprint density at radius 1 is 1.14 bits per heavy atom. The minimum absolute atomic E-state index is 0.0300. The smallest absolute Gasteiger partial charge is 0.168 e. The van der Waals surface area contributed by atoms with E-state index in [1.54, 1.807) is 7.05 Å². The molecule has 2 aromatic rings. The van der Waals surface area contributed by atoms with Gasteiger partial charge >= 0.3 is 0 Å². The number of hydrogen-bond donors (Lipinski definition) is 1. The van der Waals surface area contributed by atoms with E-state index in [4.69, 9.17) is 0 Å². The van der Waals surface area contributed by atoms with Gasteiger partial charge in [-0.1, -0.05) is 30.3 Å². The maximum atomic E-state index is 14.1. The van der Waals surface area contributed by atoms with E-state index < -0.39 is 11.6 Å². The molecule has 0 aliphatic rings. The van der Waals surface area contributed by atoms with Crippen molar-refractivity contribution in [3.05, 3.63) is 53.6 Å². The zero-order valence-corrected chi connectivity index (χ0v) is 12.4. The molecule has 5 heteroatoms. The van der Waals surface area contributed by atoms with Gasteiger partial charge in [-0.15, -0.1) is 0 Å². The number of aromatic nitrogens is 1. The molecule has 0 fully saturated rings. The SMILES string of the molecule is CNc1nc(N(Cc2ccccc2)C(C)C)c(F)cc1F. The van der Waals surface area contributed by atoms with Crippen LogP contribution in [0.4, 0.5) is 20.4 Å². The monoisotopic (exact) mass is 291 g/mol. The Hall–Kier alpha value is -2.17. The zero-order chi connectivity index (χ0) is 15.4. The van der Waals surface area contributed by atoms with E-state index in [-0.39, 0.29) is 17.7 Å². The molecule has 0 aliphatic heterocycles. The minimum atomic E-state index is -0.692. The van der Waals surface area contributed by atoms with Crippen molar-refractivity contribution in [1.82, 2.24) is 4.98 Å². The lowest BCUT2D eigenvalue weighted by molar-refractivity contribution is 0.559. The van der Waals surface area contributed by atoms with Crippen LogP contribution in [0.2, 0.25) is 0 Å². The second-order valence-electron chi connectivity index (χ2n) is 5.08. The van der Waals surface area contributed by atoms with Crippen LogP contribution in [-0.2, 0) is 6.54 Å². The summed E-state index contributed by atoms with van der Waals surface area (Å²) in [6, 6.07) is 10.6. The van der Waals surface area contributed by atoms with Gasteiger partial charge in [0.15, 0.2) is 23.3 Å². The molecule has 1 aromatic heterocycles. The molecule has 21 heavy (non-hydrogen) atoms. The molecular formula is C16H19F2N3. The number of rotatable bonds is 5. The van der Waals surface area contributed by atoms with Crippen LogP contribution in [0.15, 0.2) is 36.4 Å². The molecule has 1 heterocycles. The molecule has 0 atom stereocenters. The predicted molar refractivity (Wildman–Crippen MR) is 81.5 cm³/mol. The van der Waals surface area contributed by atoms with Crippen LogP contribution in [0.25, 0.3) is 0 Å². The van der Waals surface area contributed by atoms with Gasteiger partial charge in [0.05, 0.1) is 0 Å². The van der Waals surface area contributed by atoms with Gasteiger partial charge in [-0.25, -0.2) is 13.8 Å². The van der Waals surface area contributed by atoms with Crippen molar-refractivity contribution in [1.29, 1.82) is 0 Å². The second-order valence-corrected chi connectivity index (χ2v) is 5.08. The van der Waals surface area contributed by atoms with Gasteiger partial charge < -0.3 is 10.2 Å². The van der Waals surface area contributed by atoms with Gasteiger partial charge in [-0.2, -0.15) is 0 Å². The number of benzene rings is 1. The van der Waals surface area contributed by atoms with E-state index in [0.717, 1.165) is 11.6 Å². The highest BCUT2D eigenvalue weighted by Gasteiger charge is 2.19. The zero-order valence-electron chi connectivity index (χ0n) is 12.4. The third-order valence-electron chi connectivity index (χ3n) is 3.24. The molecule has 0 unspecified atom stereocenters. The highest BCUT2D eigenvalue weighted by molar-refractivity contribution is 5.50. The van der Waals surface area contributed by atoms with Crippen LogP contribution in [0, 0.1) is 11.6 Å². The topological polar surface area (TPSA) is 28.2 Å². The van der Waals surface area contributed by atoms with Crippen molar-refractivity contribution in [2.45, 2.75) is 26.4 Å². The highest BCUT2D eigenvalue weighted by atomic mass is 19.1. The molecule has 0 bridgehead atoms. The molecule has 0 aliphatic carbocycles. The maximum absolute atomic E-state index is 14.1. The molecule has 0 saturated carbocycles. The molecule has 1 aromatic carbocycles. The van der Waals surface area contributed by atoms with Gasteiger partial charge in [0.1, 0.15) is 0 Å². The first-order chi connectivity index (χ1) is 10.0. The molecule has 0 radical (unpaired) electrons. The van der Waals surface area contributed by atoms with Gasteiger partial charge in [0, 0.05) is 25.7 Å². The largest absolute Gasteiger partial charge is 0.371 e. The van der Waals surface area contributed by atoms with Crippen molar-refractivity contribution in [2.75, 3.05) is 17.3 Å². The van der Waals surface area contributed by atoms with Crippen LogP contribution in [0.5, 0.6) is 0 Å². The Balaban J connectivity index is 2.39. The van der Waals surface area contributed by atoms with Gasteiger partial charge in [0.2, 0.25) is 0 Å². The molecule has 0 spiro atoms. The van der Waals surface area contributed by atoms with Crippen LogP contribution in [0.3, 0.4) is 0 Å². The van der Waals surface area contributed by atoms with Crippen molar-refractivity contribution in [2.24, 2.45) is 0 Å². The van der Waals surface area contributed by atoms with E-state index in [2.05, 4.69) is 10.3 Å². The summed E-state index contributed by atoms with van der Waals surface area (Å²) in [6.45, 7) is 4.41. The molecule has 3 nitrogen and oxygen atoms in total. The van der Waals surface area contributed by atoms with Gasteiger partial charge in [-0.3, -0.25) is 0 Å². The second kappa shape index (κ2) is 6.52. The summed E-state index contributed by atoms with van der Waals surface area (Å²) in [7, 11) is 1.56. The van der Waals surface area contributed by atoms with E-state index in [1.165, 1.54) is 0 Å². The van der Waals surface area contributed by atoms with Crippen molar-refractivity contribution in [3.8, 4) is 0 Å². The van der Waals surface area contributed by atoms with Gasteiger partial charge in [-0.05, 0) is 19.4 Å². The van der Waals surface area contributed by atoms with Crippen molar-refractivity contribution in [3.63, 3.8) is 0 Å². The third kappa shape index (κ3) is 3.48. The number of anilines is 2. The average molecular weight is 291 g/mol. The normalized spacial score (nSPS) is 10.8. The Bertz CT molecular complexity index is 600. The number of nitrogens with zero attached hydrogens (tertiary/aromatic N) is 2. The first kappa shape index (κ1) is 15.2. The quantitative estimate of drug-likeness (QED) is 0.907. The fraction of sp³-hybridized carbons (Fsp3) is 0.312. The van der Waals surface area contributed by atoms with Crippen LogP contribution < -0.4 is 10.2 Å². The van der Waals surface area contributed by atoms with E-state index >= 15 is 0 Å². The third-order valence-corrected chi connectivity index (χ3v) is 3.24. The summed E-state index contributed by atoms with van der Waals surface area (Å²) in [4.78, 5) is 5.88. The summed E-state index contributed by atoms with van der Waals surface area (Å²) >= 11 is 0. The Morgan fingerprint density at radius 2 is 1.81 bits per heavy atom. The first-order valence-electron chi connectivity index (χ1n) is 6.87. The van der Waals surface area contributed by atoms with Crippen LogP contribution in [-0.4, -0.2) is 18.1 Å². The van der Waals surface area contributed by atoms with E-state index in [1.807, 2.05) is 49.1 Å².